The van der Waals surface area contributed by atoms with Crippen LogP contribution in [0.2, 0.25) is 0 Å². The molecule has 2 amide bonds. The zero-order chi connectivity index (χ0) is 15.9. The standard InChI is InChI=1S/C14H14N4O2S2/c1-9(11-5-3-7-21-11)15-17-13(19)14(20)18-16-10(2)12-6-4-8-22-12/h3-8H,1-2H3,(H,17,19)(H,18,20). The van der Waals surface area contributed by atoms with Crippen molar-refractivity contribution >= 4 is 45.9 Å². The van der Waals surface area contributed by atoms with Gasteiger partial charge in [0.05, 0.1) is 11.4 Å². The molecule has 6 nitrogen and oxygen atoms in total. The molecule has 2 heterocycles. The van der Waals surface area contributed by atoms with E-state index in [0.717, 1.165) is 9.75 Å². The van der Waals surface area contributed by atoms with Crippen LogP contribution in [0.4, 0.5) is 0 Å². The number of nitrogens with zero attached hydrogens (tertiary/aromatic N) is 2. The molecule has 8 heteroatoms. The van der Waals surface area contributed by atoms with Crippen LogP contribution in [0.25, 0.3) is 0 Å². The Morgan fingerprint density at radius 3 is 1.59 bits per heavy atom. The van der Waals surface area contributed by atoms with Crippen molar-refractivity contribution in [3.8, 4) is 0 Å². The van der Waals surface area contributed by atoms with Gasteiger partial charge in [-0.2, -0.15) is 10.2 Å². The van der Waals surface area contributed by atoms with Crippen molar-refractivity contribution in [3.63, 3.8) is 0 Å². The summed E-state index contributed by atoms with van der Waals surface area (Å²) in [7, 11) is 0. The molecular weight excluding hydrogens is 320 g/mol. The van der Waals surface area contributed by atoms with E-state index in [-0.39, 0.29) is 0 Å². The van der Waals surface area contributed by atoms with Gasteiger partial charge < -0.3 is 0 Å². The topological polar surface area (TPSA) is 82.9 Å². The van der Waals surface area contributed by atoms with E-state index >= 15 is 0 Å². The van der Waals surface area contributed by atoms with Crippen LogP contribution in [-0.4, -0.2) is 23.2 Å². The molecule has 0 spiro atoms. The number of hydrogen-bond donors (Lipinski definition) is 2. The molecule has 0 aliphatic carbocycles. The fourth-order valence-electron chi connectivity index (χ4n) is 1.45. The van der Waals surface area contributed by atoms with Crippen molar-refractivity contribution in [1.29, 1.82) is 0 Å². The predicted octanol–water partition coefficient (Wildman–Crippen LogP) is 2.19. The van der Waals surface area contributed by atoms with Crippen molar-refractivity contribution in [3.05, 3.63) is 44.8 Å². The third-order valence-corrected chi connectivity index (χ3v) is 4.57. The van der Waals surface area contributed by atoms with Crippen LogP contribution < -0.4 is 10.9 Å². The molecular formula is C14H14N4O2S2. The Labute approximate surface area is 135 Å². The minimum Gasteiger partial charge on any atom is -0.262 e. The highest BCUT2D eigenvalue weighted by molar-refractivity contribution is 7.12. The molecule has 114 valence electrons. The van der Waals surface area contributed by atoms with Crippen LogP contribution in [0.15, 0.2) is 45.2 Å². The number of carbonyl (C=O) groups excluding carboxylic acids is 2. The van der Waals surface area contributed by atoms with E-state index < -0.39 is 11.8 Å². The highest BCUT2D eigenvalue weighted by Crippen LogP contribution is 2.09. The molecule has 2 aromatic rings. The van der Waals surface area contributed by atoms with E-state index in [2.05, 4.69) is 21.1 Å². The Morgan fingerprint density at radius 2 is 1.27 bits per heavy atom. The van der Waals surface area contributed by atoms with Gasteiger partial charge in [-0.15, -0.1) is 22.7 Å². The molecule has 0 aliphatic heterocycles. The van der Waals surface area contributed by atoms with Crippen molar-refractivity contribution < 1.29 is 9.59 Å². The summed E-state index contributed by atoms with van der Waals surface area (Å²) in [6.45, 7) is 3.51. The minimum absolute atomic E-state index is 0.634. The van der Waals surface area contributed by atoms with Crippen molar-refractivity contribution in [2.24, 2.45) is 10.2 Å². The summed E-state index contributed by atoms with van der Waals surface area (Å²) in [5, 5.41) is 11.6. The first-order valence-corrected chi connectivity index (χ1v) is 8.10. The van der Waals surface area contributed by atoms with Gasteiger partial charge in [0.25, 0.3) is 0 Å². The lowest BCUT2D eigenvalue weighted by Gasteiger charge is -2.01. The fraction of sp³-hybridized carbons (Fsp3) is 0.143. The molecule has 0 radical (unpaired) electrons. The fourth-order valence-corrected chi connectivity index (χ4v) is 2.80. The molecule has 0 aliphatic rings. The lowest BCUT2D eigenvalue weighted by Crippen LogP contribution is -2.36. The Bertz CT molecular complexity index is 641. The molecule has 2 rings (SSSR count). The Kier molecular flexibility index (Phi) is 5.56. The van der Waals surface area contributed by atoms with E-state index in [1.165, 1.54) is 22.7 Å². The number of thiophene rings is 2. The van der Waals surface area contributed by atoms with Crippen LogP contribution in [0.1, 0.15) is 23.6 Å². The maximum absolute atomic E-state index is 11.6. The summed E-state index contributed by atoms with van der Waals surface area (Å²) in [6.07, 6.45) is 0. The van der Waals surface area contributed by atoms with Crippen LogP contribution in [0.3, 0.4) is 0 Å². The number of hydrazone groups is 2. The first-order chi connectivity index (χ1) is 10.6. The van der Waals surface area contributed by atoms with Crippen molar-refractivity contribution in [2.45, 2.75) is 13.8 Å². The second-order valence-corrected chi connectivity index (χ2v) is 6.13. The van der Waals surface area contributed by atoms with Crippen LogP contribution >= 0.6 is 22.7 Å². The second-order valence-electron chi connectivity index (χ2n) is 4.23. The summed E-state index contributed by atoms with van der Waals surface area (Å²) in [5.74, 6) is -1.72. The third-order valence-electron chi connectivity index (χ3n) is 2.61. The molecule has 0 saturated heterocycles. The van der Waals surface area contributed by atoms with Crippen LogP contribution in [0.5, 0.6) is 0 Å². The van der Waals surface area contributed by atoms with Gasteiger partial charge in [0.2, 0.25) is 0 Å². The quantitative estimate of drug-likeness (QED) is 0.510. The van der Waals surface area contributed by atoms with Gasteiger partial charge in [-0.1, -0.05) is 12.1 Å². The van der Waals surface area contributed by atoms with Crippen LogP contribution in [-0.2, 0) is 9.59 Å². The molecule has 0 atom stereocenters. The molecule has 22 heavy (non-hydrogen) atoms. The third kappa shape index (κ3) is 4.34. The van der Waals surface area contributed by atoms with Gasteiger partial charge in [-0.05, 0) is 36.7 Å². The molecule has 2 N–H and O–H groups in total. The SMILES string of the molecule is CC(=NNC(=O)C(=O)NN=C(C)c1cccs1)c1cccs1. The van der Waals surface area contributed by atoms with Gasteiger partial charge in [-0.3, -0.25) is 9.59 Å². The van der Waals surface area contributed by atoms with E-state index in [1.807, 2.05) is 35.0 Å². The number of hydrogen-bond acceptors (Lipinski definition) is 6. The monoisotopic (exact) mass is 334 g/mol. The highest BCUT2D eigenvalue weighted by Gasteiger charge is 2.12. The molecule has 0 fully saturated rings. The average Bonchev–Trinajstić information content (AvgIpc) is 3.22. The predicted molar refractivity (Wildman–Crippen MR) is 89.3 cm³/mol. The van der Waals surface area contributed by atoms with Gasteiger partial charge in [0, 0.05) is 9.75 Å². The van der Waals surface area contributed by atoms with Crippen molar-refractivity contribution in [2.75, 3.05) is 0 Å². The summed E-state index contributed by atoms with van der Waals surface area (Å²) in [6, 6.07) is 7.53. The lowest BCUT2D eigenvalue weighted by atomic mass is 10.3. The molecule has 0 saturated carbocycles. The first kappa shape index (κ1) is 16.1. The smallest absolute Gasteiger partial charge is 0.262 e. The molecule has 0 bridgehead atoms. The summed E-state index contributed by atoms with van der Waals surface area (Å²) in [4.78, 5) is 25.1. The maximum atomic E-state index is 11.6. The van der Waals surface area contributed by atoms with E-state index in [4.69, 9.17) is 0 Å². The normalized spacial score (nSPS) is 12.1. The Hall–Kier alpha value is -2.32. The number of nitrogens with one attached hydrogen (secondary N) is 2. The first-order valence-electron chi connectivity index (χ1n) is 6.34. The largest absolute Gasteiger partial charge is 0.331 e. The van der Waals surface area contributed by atoms with Gasteiger partial charge >= 0.3 is 11.8 Å². The number of rotatable bonds is 4. The number of carbonyl (C=O) groups is 2. The summed E-state index contributed by atoms with van der Waals surface area (Å²) >= 11 is 3.00. The van der Waals surface area contributed by atoms with Gasteiger partial charge in [-0.25, -0.2) is 10.9 Å². The van der Waals surface area contributed by atoms with Gasteiger partial charge in [0.15, 0.2) is 0 Å². The number of amides is 2. The molecule has 0 unspecified atom stereocenters. The molecule has 2 aromatic heterocycles. The second kappa shape index (κ2) is 7.62. The van der Waals surface area contributed by atoms with E-state index in [1.54, 1.807) is 13.8 Å². The summed E-state index contributed by atoms with van der Waals surface area (Å²) in [5.41, 5.74) is 5.68. The van der Waals surface area contributed by atoms with E-state index in [0.29, 0.717) is 11.4 Å². The molecule has 0 aromatic carbocycles. The van der Waals surface area contributed by atoms with Crippen molar-refractivity contribution in [1.82, 2.24) is 10.9 Å². The maximum Gasteiger partial charge on any atom is 0.331 e. The van der Waals surface area contributed by atoms with E-state index in [9.17, 15) is 9.59 Å². The average molecular weight is 334 g/mol. The Balaban J connectivity index is 1.89. The minimum atomic E-state index is -0.862. The summed E-state index contributed by atoms with van der Waals surface area (Å²) < 4.78 is 0. The highest BCUT2D eigenvalue weighted by atomic mass is 32.1. The zero-order valence-electron chi connectivity index (χ0n) is 12.0. The lowest BCUT2D eigenvalue weighted by molar-refractivity contribution is -0.139. The Morgan fingerprint density at radius 1 is 0.864 bits per heavy atom. The zero-order valence-corrected chi connectivity index (χ0v) is 13.6. The van der Waals surface area contributed by atoms with Gasteiger partial charge in [0.1, 0.15) is 0 Å². The van der Waals surface area contributed by atoms with Crippen LogP contribution in [0, 0.1) is 0 Å².